The summed E-state index contributed by atoms with van der Waals surface area (Å²) in [6, 6.07) is 8.69. The van der Waals surface area contributed by atoms with E-state index >= 15 is 0 Å². The molecule has 2 aliphatic heterocycles. The van der Waals surface area contributed by atoms with E-state index in [9.17, 15) is 0 Å². The third-order valence-corrected chi connectivity index (χ3v) is 4.85. The molecule has 1 aromatic carbocycles. The van der Waals surface area contributed by atoms with Crippen molar-refractivity contribution in [3.8, 4) is 0 Å². The lowest BCUT2D eigenvalue weighted by atomic mass is 9.88. The van der Waals surface area contributed by atoms with Crippen LogP contribution in [-0.2, 0) is 4.74 Å². The van der Waals surface area contributed by atoms with Crippen LogP contribution in [0.4, 0.5) is 5.69 Å². The molecule has 2 N–H and O–H groups in total. The summed E-state index contributed by atoms with van der Waals surface area (Å²) in [6.07, 6.45) is 2.63. The molecule has 3 heteroatoms. The summed E-state index contributed by atoms with van der Waals surface area (Å²) in [5, 5.41) is 7.25. The Hall–Kier alpha value is -1.06. The van der Waals surface area contributed by atoms with Crippen LogP contribution < -0.4 is 10.6 Å². The van der Waals surface area contributed by atoms with Crippen molar-refractivity contribution in [2.75, 3.05) is 25.0 Å². The topological polar surface area (TPSA) is 33.3 Å². The molecule has 3 unspecified atom stereocenters. The van der Waals surface area contributed by atoms with Crippen LogP contribution in [-0.4, -0.2) is 31.3 Å². The van der Waals surface area contributed by atoms with Crippen LogP contribution in [0.2, 0.25) is 0 Å². The van der Waals surface area contributed by atoms with Crippen molar-refractivity contribution in [3.63, 3.8) is 0 Å². The summed E-state index contributed by atoms with van der Waals surface area (Å²) >= 11 is 0. The predicted octanol–water partition coefficient (Wildman–Crippen LogP) is 2.74. The quantitative estimate of drug-likeness (QED) is 0.876. The van der Waals surface area contributed by atoms with Gasteiger partial charge in [-0.05, 0) is 38.3 Å². The molecule has 0 aromatic heterocycles. The van der Waals surface area contributed by atoms with E-state index in [1.807, 2.05) is 0 Å². The van der Waals surface area contributed by atoms with Gasteiger partial charge in [0, 0.05) is 36.8 Å². The number of rotatable bonds is 3. The fourth-order valence-electron chi connectivity index (χ4n) is 3.19. The fourth-order valence-corrected chi connectivity index (χ4v) is 3.19. The minimum Gasteiger partial charge on any atom is -0.385 e. The van der Waals surface area contributed by atoms with E-state index in [-0.39, 0.29) is 5.54 Å². The molecule has 2 aliphatic rings. The molecular formula is C16H24N2O. The van der Waals surface area contributed by atoms with E-state index in [1.54, 1.807) is 0 Å². The molecule has 3 nitrogen and oxygen atoms in total. The molecule has 19 heavy (non-hydrogen) atoms. The lowest BCUT2D eigenvalue weighted by Gasteiger charge is -2.33. The van der Waals surface area contributed by atoms with Gasteiger partial charge in [-0.1, -0.05) is 18.2 Å². The van der Waals surface area contributed by atoms with Gasteiger partial charge in [0.05, 0.1) is 6.10 Å². The first-order valence-corrected chi connectivity index (χ1v) is 7.38. The molecule has 0 spiro atoms. The Labute approximate surface area is 115 Å². The van der Waals surface area contributed by atoms with Crippen molar-refractivity contribution < 1.29 is 4.74 Å². The summed E-state index contributed by atoms with van der Waals surface area (Å²) in [7, 11) is 0. The van der Waals surface area contributed by atoms with Crippen molar-refractivity contribution >= 4 is 5.69 Å². The van der Waals surface area contributed by atoms with Crippen molar-refractivity contribution in [2.24, 2.45) is 0 Å². The van der Waals surface area contributed by atoms with E-state index in [4.69, 9.17) is 4.74 Å². The third-order valence-electron chi connectivity index (χ3n) is 4.85. The van der Waals surface area contributed by atoms with Crippen LogP contribution >= 0.6 is 0 Å². The zero-order valence-corrected chi connectivity index (χ0v) is 11.9. The molecule has 0 amide bonds. The maximum absolute atomic E-state index is 5.70. The Kier molecular flexibility index (Phi) is 3.50. The van der Waals surface area contributed by atoms with E-state index in [0.29, 0.717) is 12.0 Å². The number of hydrogen-bond donors (Lipinski definition) is 2. The molecular weight excluding hydrogens is 236 g/mol. The lowest BCUT2D eigenvalue weighted by molar-refractivity contribution is 0.0881. The fraction of sp³-hybridized carbons (Fsp3) is 0.625. The number of fused-ring (bicyclic) bond motifs is 1. The van der Waals surface area contributed by atoms with E-state index < -0.39 is 0 Å². The Morgan fingerprint density at radius 3 is 3.05 bits per heavy atom. The van der Waals surface area contributed by atoms with Crippen molar-refractivity contribution in [3.05, 3.63) is 29.8 Å². The highest BCUT2D eigenvalue weighted by Crippen LogP contribution is 2.32. The highest BCUT2D eigenvalue weighted by Gasteiger charge is 2.37. The molecule has 1 fully saturated rings. The SMILES string of the molecule is CC1OCCC1(C)NCC1CCNc2ccccc21. The Balaban J connectivity index is 1.68. The van der Waals surface area contributed by atoms with Gasteiger partial charge in [0.15, 0.2) is 0 Å². The first-order valence-electron chi connectivity index (χ1n) is 7.38. The van der Waals surface area contributed by atoms with Crippen LogP contribution in [0, 0.1) is 0 Å². The maximum atomic E-state index is 5.70. The van der Waals surface area contributed by atoms with Crippen molar-refractivity contribution in [2.45, 2.75) is 44.2 Å². The van der Waals surface area contributed by atoms with E-state index in [1.165, 1.54) is 17.7 Å². The molecule has 1 saturated heterocycles. The number of benzene rings is 1. The first-order chi connectivity index (χ1) is 9.19. The highest BCUT2D eigenvalue weighted by molar-refractivity contribution is 5.54. The molecule has 2 heterocycles. The highest BCUT2D eigenvalue weighted by atomic mass is 16.5. The van der Waals surface area contributed by atoms with Gasteiger partial charge in [-0.3, -0.25) is 0 Å². The van der Waals surface area contributed by atoms with E-state index in [2.05, 4.69) is 48.7 Å². The van der Waals surface area contributed by atoms with Crippen LogP contribution in [0.15, 0.2) is 24.3 Å². The summed E-state index contributed by atoms with van der Waals surface area (Å²) in [5.41, 5.74) is 2.90. The Morgan fingerprint density at radius 1 is 1.42 bits per heavy atom. The van der Waals surface area contributed by atoms with Crippen molar-refractivity contribution in [1.82, 2.24) is 5.32 Å². The van der Waals surface area contributed by atoms with Gasteiger partial charge in [-0.2, -0.15) is 0 Å². The van der Waals surface area contributed by atoms with Gasteiger partial charge in [0.25, 0.3) is 0 Å². The van der Waals surface area contributed by atoms with Gasteiger partial charge in [-0.25, -0.2) is 0 Å². The first kappa shape index (κ1) is 12.9. The number of nitrogens with one attached hydrogen (secondary N) is 2. The second-order valence-electron chi connectivity index (χ2n) is 6.06. The largest absolute Gasteiger partial charge is 0.385 e. The number of hydrogen-bond acceptors (Lipinski definition) is 3. The molecule has 3 atom stereocenters. The molecule has 3 rings (SSSR count). The normalized spacial score (nSPS) is 33.8. The second-order valence-corrected chi connectivity index (χ2v) is 6.06. The Bertz CT molecular complexity index is 448. The smallest absolute Gasteiger partial charge is 0.0726 e. The van der Waals surface area contributed by atoms with Gasteiger partial charge in [0.1, 0.15) is 0 Å². The summed E-state index contributed by atoms with van der Waals surface area (Å²) in [4.78, 5) is 0. The average Bonchev–Trinajstić information content (AvgIpc) is 2.77. The molecule has 0 aliphatic carbocycles. The molecule has 0 radical (unpaired) electrons. The van der Waals surface area contributed by atoms with Crippen molar-refractivity contribution in [1.29, 1.82) is 0 Å². The Morgan fingerprint density at radius 2 is 2.26 bits per heavy atom. The summed E-state index contributed by atoms with van der Waals surface area (Å²) in [5.74, 6) is 0.613. The van der Waals surface area contributed by atoms with Gasteiger partial charge < -0.3 is 15.4 Å². The number of anilines is 1. The second kappa shape index (κ2) is 5.14. The van der Waals surface area contributed by atoms with Crippen LogP contribution in [0.3, 0.4) is 0 Å². The van der Waals surface area contributed by atoms with Crippen LogP contribution in [0.1, 0.15) is 38.2 Å². The minimum absolute atomic E-state index is 0.139. The van der Waals surface area contributed by atoms with Crippen LogP contribution in [0.5, 0.6) is 0 Å². The monoisotopic (exact) mass is 260 g/mol. The van der Waals surface area contributed by atoms with Gasteiger partial charge in [0.2, 0.25) is 0 Å². The zero-order chi connectivity index (χ0) is 13.3. The van der Waals surface area contributed by atoms with Gasteiger partial charge >= 0.3 is 0 Å². The number of para-hydroxylation sites is 1. The lowest BCUT2D eigenvalue weighted by Crippen LogP contribution is -2.49. The average molecular weight is 260 g/mol. The van der Waals surface area contributed by atoms with E-state index in [0.717, 1.165) is 26.1 Å². The molecule has 104 valence electrons. The third kappa shape index (κ3) is 2.49. The molecule has 0 saturated carbocycles. The maximum Gasteiger partial charge on any atom is 0.0726 e. The number of ether oxygens (including phenoxy) is 1. The van der Waals surface area contributed by atoms with Gasteiger partial charge in [-0.15, -0.1) is 0 Å². The summed E-state index contributed by atoms with van der Waals surface area (Å²) in [6.45, 7) is 7.47. The minimum atomic E-state index is 0.139. The van der Waals surface area contributed by atoms with Crippen LogP contribution in [0.25, 0.3) is 0 Å². The zero-order valence-electron chi connectivity index (χ0n) is 11.9. The summed E-state index contributed by atoms with van der Waals surface area (Å²) < 4.78 is 5.70. The predicted molar refractivity (Wildman–Crippen MR) is 78.7 cm³/mol. The molecule has 0 bridgehead atoms. The standard InChI is InChI=1S/C16H24N2O/c1-12-16(2,8-10-19-12)18-11-13-7-9-17-15-6-4-3-5-14(13)15/h3-6,12-13,17-18H,7-11H2,1-2H3. The molecule has 1 aromatic rings.